The van der Waals surface area contributed by atoms with Crippen molar-refractivity contribution in [2.45, 2.75) is 98.4 Å². The average molecular weight is 942 g/mol. The van der Waals surface area contributed by atoms with Gasteiger partial charge in [0.2, 0.25) is 0 Å². The monoisotopic (exact) mass is 940 g/mol. The van der Waals surface area contributed by atoms with E-state index in [1.165, 1.54) is 4.57 Å². The molecule has 7 aromatic rings. The number of hydrogen-bond acceptors (Lipinski definition) is 10. The van der Waals surface area contributed by atoms with Gasteiger partial charge in [-0.05, 0) is 127 Å². The highest BCUT2D eigenvalue weighted by atomic mass is 35.5. The molecule has 0 radical (unpaired) electrons. The molecule has 2 atom stereocenters. The van der Waals surface area contributed by atoms with E-state index in [1.807, 2.05) is 86.6 Å². The highest BCUT2D eigenvalue weighted by molar-refractivity contribution is 6.35. The predicted octanol–water partition coefficient (Wildman–Crippen LogP) is 11.2. The minimum absolute atomic E-state index is 0.268. The van der Waals surface area contributed by atoms with E-state index < -0.39 is 41.4 Å². The minimum atomic E-state index is -0.671. The van der Waals surface area contributed by atoms with Gasteiger partial charge in [0.1, 0.15) is 22.9 Å². The zero-order chi connectivity index (χ0) is 49.3. The Bertz CT molecular complexity index is 3030. The van der Waals surface area contributed by atoms with Crippen molar-refractivity contribution in [3.8, 4) is 22.5 Å². The third kappa shape index (κ3) is 12.0. The van der Waals surface area contributed by atoms with Crippen LogP contribution >= 0.6 is 11.6 Å². The Kier molecular flexibility index (Phi) is 15.9. The standard InChI is InChI=1S/C31H33N3O5.C22H24ClN3O3/c1-6-24(33-30(37)39-31(3,4)5)27-32-25-15-11-14-23(20-16-18-21(19-17-20)29(36)38-7-2)26(25)28(35)34(27)22-12-9-8-10-13-22;1-5-16(25-21(28)29-22(2,3)4)19-24-17-13-9-12-15(23)18(17)20(27)26(19)14-10-7-6-8-11-14/h8-19,24H,6-7H2,1-5H3,(H,33,37);6-13,16H,5H2,1-4H3,(H,25,28)/t24-;16-/m00/s1. The van der Waals surface area contributed by atoms with Crippen LogP contribution in [0.1, 0.15) is 109 Å². The number of esters is 1. The number of rotatable bonds is 11. The molecular formula is C53H57ClN6O8. The van der Waals surface area contributed by atoms with Crippen molar-refractivity contribution in [3.05, 3.63) is 164 Å². The first kappa shape index (κ1) is 50.1. The number of hydrogen-bond donors (Lipinski definition) is 2. The first-order valence-corrected chi connectivity index (χ1v) is 22.9. The molecular weight excluding hydrogens is 884 g/mol. The summed E-state index contributed by atoms with van der Waals surface area (Å²) in [4.78, 5) is 74.4. The van der Waals surface area contributed by atoms with Gasteiger partial charge in [0.05, 0.1) is 62.5 Å². The quantitative estimate of drug-likeness (QED) is 0.0939. The fourth-order valence-electron chi connectivity index (χ4n) is 7.41. The summed E-state index contributed by atoms with van der Waals surface area (Å²) in [6, 6.07) is 34.9. The van der Waals surface area contributed by atoms with Crippen LogP contribution in [0.3, 0.4) is 0 Å². The lowest BCUT2D eigenvalue weighted by Crippen LogP contribution is -2.37. The molecule has 2 amide bonds. The molecule has 2 aromatic heterocycles. The number of ether oxygens (including phenoxy) is 3. The molecule has 0 unspecified atom stereocenters. The van der Waals surface area contributed by atoms with E-state index in [2.05, 4.69) is 10.6 Å². The summed E-state index contributed by atoms with van der Waals surface area (Å²) in [6.07, 6.45) is -0.146. The lowest BCUT2D eigenvalue weighted by atomic mass is 9.99. The van der Waals surface area contributed by atoms with Gasteiger partial charge in [-0.3, -0.25) is 18.7 Å². The molecule has 0 aliphatic rings. The third-order valence-electron chi connectivity index (χ3n) is 10.4. The number of aromatic nitrogens is 4. The summed E-state index contributed by atoms with van der Waals surface area (Å²) >= 11 is 6.30. The SMILES string of the molecule is CCOC(=O)c1ccc(-c2cccc3nc([C@H](CC)NC(=O)OC(C)(C)C)n(-c4ccccc4)c(=O)c23)cc1.CC[C@H](NC(=O)OC(C)(C)C)c1nc2cccc(Cl)c2c(=O)n1-c1ccccc1. The highest BCUT2D eigenvalue weighted by Gasteiger charge is 2.27. The minimum Gasteiger partial charge on any atom is -0.462 e. The van der Waals surface area contributed by atoms with E-state index >= 15 is 0 Å². The number of nitrogens with one attached hydrogen (secondary N) is 2. The molecule has 0 aliphatic heterocycles. The Morgan fingerprint density at radius 3 is 1.47 bits per heavy atom. The maximum absolute atomic E-state index is 14.2. The van der Waals surface area contributed by atoms with Crippen molar-refractivity contribution in [1.82, 2.24) is 29.7 Å². The van der Waals surface area contributed by atoms with E-state index in [4.69, 9.17) is 35.8 Å². The summed E-state index contributed by atoms with van der Waals surface area (Å²) in [5.74, 6) is 0.425. The van der Waals surface area contributed by atoms with Crippen LogP contribution in [-0.2, 0) is 14.2 Å². The summed E-state index contributed by atoms with van der Waals surface area (Å²) in [7, 11) is 0. The van der Waals surface area contributed by atoms with E-state index in [0.717, 1.165) is 5.56 Å². The van der Waals surface area contributed by atoms with Gasteiger partial charge >= 0.3 is 18.2 Å². The third-order valence-corrected chi connectivity index (χ3v) is 10.7. The lowest BCUT2D eigenvalue weighted by Gasteiger charge is -2.25. The number of carbonyl (C=O) groups excluding carboxylic acids is 3. The second kappa shape index (κ2) is 21.5. The zero-order valence-electron chi connectivity index (χ0n) is 39.8. The Morgan fingerprint density at radius 1 is 0.588 bits per heavy atom. The Labute approximate surface area is 400 Å². The molecule has 2 heterocycles. The van der Waals surface area contributed by atoms with Gasteiger partial charge in [0.25, 0.3) is 11.1 Å². The topological polar surface area (TPSA) is 173 Å². The summed E-state index contributed by atoms with van der Waals surface area (Å²) < 4.78 is 19.0. The molecule has 14 nitrogen and oxygen atoms in total. The summed E-state index contributed by atoms with van der Waals surface area (Å²) in [5.41, 5.74) is 2.28. The molecule has 7 rings (SSSR count). The van der Waals surface area contributed by atoms with Crippen LogP contribution in [0.25, 0.3) is 44.3 Å². The van der Waals surface area contributed by atoms with Gasteiger partial charge < -0.3 is 24.8 Å². The van der Waals surface area contributed by atoms with Crippen molar-refractivity contribution in [3.63, 3.8) is 0 Å². The molecule has 5 aromatic carbocycles. The predicted molar refractivity (Wildman–Crippen MR) is 266 cm³/mol. The van der Waals surface area contributed by atoms with Crippen molar-refractivity contribution < 1.29 is 28.6 Å². The van der Waals surface area contributed by atoms with Crippen molar-refractivity contribution in [1.29, 1.82) is 0 Å². The van der Waals surface area contributed by atoms with Gasteiger partial charge in [0, 0.05) is 0 Å². The molecule has 0 aliphatic carbocycles. The van der Waals surface area contributed by atoms with Crippen LogP contribution in [0.4, 0.5) is 9.59 Å². The van der Waals surface area contributed by atoms with Crippen LogP contribution in [0.15, 0.2) is 131 Å². The fraction of sp³-hybridized carbons (Fsp3) is 0.302. The second-order valence-corrected chi connectivity index (χ2v) is 18.1. The van der Waals surface area contributed by atoms with E-state index in [-0.39, 0.29) is 11.1 Å². The maximum atomic E-state index is 14.2. The second-order valence-electron chi connectivity index (χ2n) is 17.7. The van der Waals surface area contributed by atoms with Gasteiger partial charge in [-0.1, -0.05) is 92.2 Å². The molecule has 2 N–H and O–H groups in total. The molecule has 0 spiro atoms. The number of alkyl carbamates (subject to hydrolysis) is 2. The fourth-order valence-corrected chi connectivity index (χ4v) is 7.66. The van der Waals surface area contributed by atoms with Crippen molar-refractivity contribution >= 4 is 51.6 Å². The highest BCUT2D eigenvalue weighted by Crippen LogP contribution is 2.30. The molecule has 0 bridgehead atoms. The number of carbonyl (C=O) groups is 3. The number of halogens is 1. The van der Waals surface area contributed by atoms with Crippen molar-refractivity contribution in [2.75, 3.05) is 6.61 Å². The van der Waals surface area contributed by atoms with Crippen LogP contribution in [0.2, 0.25) is 5.02 Å². The maximum Gasteiger partial charge on any atom is 0.408 e. The smallest absolute Gasteiger partial charge is 0.408 e. The van der Waals surface area contributed by atoms with Gasteiger partial charge in [-0.2, -0.15) is 0 Å². The van der Waals surface area contributed by atoms with Crippen LogP contribution < -0.4 is 21.8 Å². The molecule has 0 saturated heterocycles. The number of fused-ring (bicyclic) bond motifs is 2. The van der Waals surface area contributed by atoms with Gasteiger partial charge in [-0.15, -0.1) is 0 Å². The number of benzene rings is 5. The van der Waals surface area contributed by atoms with Crippen LogP contribution in [0.5, 0.6) is 0 Å². The Hall–Kier alpha value is -7.32. The zero-order valence-corrected chi connectivity index (χ0v) is 40.5. The first-order chi connectivity index (χ1) is 32.3. The van der Waals surface area contributed by atoms with Gasteiger partial charge in [-0.25, -0.2) is 24.4 Å². The Balaban J connectivity index is 0.000000234. The van der Waals surface area contributed by atoms with E-state index in [1.54, 1.807) is 102 Å². The number of nitrogens with zero attached hydrogens (tertiary/aromatic N) is 4. The molecule has 354 valence electrons. The molecule has 15 heteroatoms. The Morgan fingerprint density at radius 2 is 1.03 bits per heavy atom. The molecule has 0 saturated carbocycles. The normalized spacial score (nSPS) is 12.3. The average Bonchev–Trinajstić information content (AvgIpc) is 3.29. The van der Waals surface area contributed by atoms with E-state index in [0.29, 0.717) is 80.4 Å². The first-order valence-electron chi connectivity index (χ1n) is 22.5. The summed E-state index contributed by atoms with van der Waals surface area (Å²) in [5, 5.41) is 6.84. The molecule has 68 heavy (non-hydrogen) atoms. The van der Waals surface area contributed by atoms with Gasteiger partial charge in [0.15, 0.2) is 0 Å². The van der Waals surface area contributed by atoms with E-state index in [9.17, 15) is 24.0 Å². The molecule has 0 fully saturated rings. The largest absolute Gasteiger partial charge is 0.462 e. The van der Waals surface area contributed by atoms with Crippen LogP contribution in [0, 0.1) is 0 Å². The summed E-state index contributed by atoms with van der Waals surface area (Å²) in [6.45, 7) is 16.6. The number of para-hydroxylation sites is 2. The van der Waals surface area contributed by atoms with Crippen LogP contribution in [-0.4, -0.2) is 55.1 Å². The lowest BCUT2D eigenvalue weighted by molar-refractivity contribution is 0.0487. The van der Waals surface area contributed by atoms with Crippen molar-refractivity contribution in [2.24, 2.45) is 0 Å². The number of amides is 2.